The quantitative estimate of drug-likeness (QED) is 0.732. The Balaban J connectivity index is 2.44. The molecule has 0 bridgehead atoms. The molecule has 0 spiro atoms. The molecule has 0 saturated heterocycles. The van der Waals surface area contributed by atoms with Crippen LogP contribution in [0.5, 0.6) is 0 Å². The lowest BCUT2D eigenvalue weighted by Gasteiger charge is -1.97. The first-order chi connectivity index (χ1) is 7.18. The Hall–Kier alpha value is -1.35. The lowest BCUT2D eigenvalue weighted by Crippen LogP contribution is -1.91. The maximum Gasteiger partial charge on any atom is 0.179 e. The molecule has 4 heteroatoms. The smallest absolute Gasteiger partial charge is 0.179 e. The first-order valence-corrected chi connectivity index (χ1v) is 5.08. The van der Waals surface area contributed by atoms with Crippen molar-refractivity contribution >= 4 is 28.3 Å². The van der Waals surface area contributed by atoms with Crippen LogP contribution >= 0.6 is 11.6 Å². The van der Waals surface area contributed by atoms with Crippen LogP contribution in [0.25, 0.3) is 10.9 Å². The summed E-state index contributed by atoms with van der Waals surface area (Å²) in [4.78, 5) is 14.3. The summed E-state index contributed by atoms with van der Waals surface area (Å²) in [6.07, 6.45) is 1.20. The van der Waals surface area contributed by atoms with Crippen molar-refractivity contribution in [2.75, 3.05) is 0 Å². The van der Waals surface area contributed by atoms with E-state index in [-0.39, 0.29) is 10.8 Å². The van der Waals surface area contributed by atoms with Crippen molar-refractivity contribution in [2.24, 2.45) is 0 Å². The van der Waals surface area contributed by atoms with Crippen LogP contribution in [0, 0.1) is 5.82 Å². The van der Waals surface area contributed by atoms with Crippen molar-refractivity contribution in [2.45, 2.75) is 12.8 Å². The number of halogens is 2. The van der Waals surface area contributed by atoms with Crippen molar-refractivity contribution in [3.05, 3.63) is 34.2 Å². The Morgan fingerprint density at radius 1 is 1.33 bits per heavy atom. The first-order valence-electron chi connectivity index (χ1n) is 4.70. The number of aromatic amines is 1. The molecule has 1 aromatic carbocycles. The standard InChI is InChI=1S/C11H7ClFNO/c12-7-3-1-6-5-2-4-8(15)10(5)14-11(6)9(7)13/h1,3,14H,2,4H2. The zero-order chi connectivity index (χ0) is 10.6. The molecule has 1 aromatic heterocycles. The number of benzene rings is 1. The highest BCUT2D eigenvalue weighted by molar-refractivity contribution is 6.31. The average Bonchev–Trinajstić information content (AvgIpc) is 2.74. The molecule has 15 heavy (non-hydrogen) atoms. The minimum Gasteiger partial charge on any atom is -0.349 e. The van der Waals surface area contributed by atoms with Gasteiger partial charge in [0.1, 0.15) is 0 Å². The van der Waals surface area contributed by atoms with Crippen LogP contribution in [0.1, 0.15) is 22.5 Å². The van der Waals surface area contributed by atoms with E-state index < -0.39 is 5.82 Å². The Morgan fingerprint density at radius 3 is 2.93 bits per heavy atom. The van der Waals surface area contributed by atoms with Gasteiger partial charge in [-0.1, -0.05) is 17.7 Å². The van der Waals surface area contributed by atoms with Gasteiger partial charge < -0.3 is 4.98 Å². The zero-order valence-electron chi connectivity index (χ0n) is 7.73. The molecule has 2 aromatic rings. The number of nitrogens with one attached hydrogen (secondary N) is 1. The van der Waals surface area contributed by atoms with Crippen molar-refractivity contribution in [3.63, 3.8) is 0 Å². The first kappa shape index (κ1) is 8.92. The fourth-order valence-corrected chi connectivity index (χ4v) is 2.28. The third-order valence-corrected chi connectivity index (χ3v) is 3.14. The van der Waals surface area contributed by atoms with Crippen molar-refractivity contribution in [1.82, 2.24) is 4.98 Å². The molecule has 1 heterocycles. The van der Waals surface area contributed by atoms with Crippen molar-refractivity contribution < 1.29 is 9.18 Å². The van der Waals surface area contributed by atoms with Crippen LogP contribution < -0.4 is 0 Å². The summed E-state index contributed by atoms with van der Waals surface area (Å²) in [6.45, 7) is 0. The van der Waals surface area contributed by atoms with Crippen molar-refractivity contribution in [1.29, 1.82) is 0 Å². The maximum atomic E-state index is 13.6. The summed E-state index contributed by atoms with van der Waals surface area (Å²) in [6, 6.07) is 3.28. The van der Waals surface area contributed by atoms with Gasteiger partial charge in [-0.3, -0.25) is 4.79 Å². The van der Waals surface area contributed by atoms with Crippen LogP contribution in [0.2, 0.25) is 5.02 Å². The Kier molecular flexibility index (Phi) is 1.68. The highest BCUT2D eigenvalue weighted by Gasteiger charge is 2.25. The Morgan fingerprint density at radius 2 is 2.13 bits per heavy atom. The molecule has 0 unspecified atom stereocenters. The zero-order valence-corrected chi connectivity index (χ0v) is 8.49. The van der Waals surface area contributed by atoms with Gasteiger partial charge >= 0.3 is 0 Å². The van der Waals surface area contributed by atoms with E-state index >= 15 is 0 Å². The average molecular weight is 224 g/mol. The number of carbonyl (C=O) groups is 1. The van der Waals surface area contributed by atoms with Crippen LogP contribution in [0.4, 0.5) is 4.39 Å². The molecule has 2 nitrogen and oxygen atoms in total. The Labute approximate surface area is 90.0 Å². The van der Waals surface area contributed by atoms with Gasteiger partial charge in [-0.2, -0.15) is 0 Å². The van der Waals surface area contributed by atoms with Crippen LogP contribution in [0.3, 0.4) is 0 Å². The fourth-order valence-electron chi connectivity index (χ4n) is 2.12. The van der Waals surface area contributed by atoms with Crippen LogP contribution in [-0.2, 0) is 6.42 Å². The number of hydrogen-bond acceptors (Lipinski definition) is 1. The highest BCUT2D eigenvalue weighted by Crippen LogP contribution is 2.33. The second kappa shape index (κ2) is 2.83. The number of hydrogen-bond donors (Lipinski definition) is 1. The van der Waals surface area contributed by atoms with Gasteiger partial charge in [-0.25, -0.2) is 4.39 Å². The number of carbonyl (C=O) groups excluding carboxylic acids is 1. The summed E-state index contributed by atoms with van der Waals surface area (Å²) in [5.41, 5.74) is 1.82. The van der Waals surface area contributed by atoms with Gasteiger partial charge in [0.15, 0.2) is 11.6 Å². The number of H-pyrrole nitrogens is 1. The summed E-state index contributed by atoms with van der Waals surface area (Å²) >= 11 is 5.67. The van der Waals surface area contributed by atoms with E-state index in [0.717, 1.165) is 10.9 Å². The normalized spacial score (nSPS) is 14.9. The number of rotatable bonds is 0. The molecular weight excluding hydrogens is 217 g/mol. The predicted octanol–water partition coefficient (Wildman–Crippen LogP) is 3.09. The second-order valence-electron chi connectivity index (χ2n) is 3.69. The summed E-state index contributed by atoms with van der Waals surface area (Å²) in [5, 5.41) is 0.854. The third kappa shape index (κ3) is 1.07. The monoisotopic (exact) mass is 223 g/mol. The molecular formula is C11H7ClFNO. The minimum absolute atomic E-state index is 0.0525. The summed E-state index contributed by atoms with van der Waals surface area (Å²) in [7, 11) is 0. The summed E-state index contributed by atoms with van der Waals surface area (Å²) in [5.74, 6) is -0.423. The van der Waals surface area contributed by atoms with E-state index in [2.05, 4.69) is 4.98 Å². The molecule has 3 rings (SSSR count). The second-order valence-corrected chi connectivity index (χ2v) is 4.09. The number of ketones is 1. The lowest BCUT2D eigenvalue weighted by molar-refractivity contribution is 0.0991. The van der Waals surface area contributed by atoms with Gasteiger partial charge in [0, 0.05) is 11.8 Å². The third-order valence-electron chi connectivity index (χ3n) is 2.85. The number of fused-ring (bicyclic) bond motifs is 3. The molecule has 1 aliphatic carbocycles. The van der Waals surface area contributed by atoms with E-state index in [1.807, 2.05) is 0 Å². The van der Waals surface area contributed by atoms with Crippen molar-refractivity contribution in [3.8, 4) is 0 Å². The van der Waals surface area contributed by atoms with Gasteiger partial charge in [0.25, 0.3) is 0 Å². The highest BCUT2D eigenvalue weighted by atomic mass is 35.5. The molecule has 0 saturated carbocycles. The van der Waals surface area contributed by atoms with Gasteiger partial charge in [-0.15, -0.1) is 0 Å². The molecule has 0 amide bonds. The topological polar surface area (TPSA) is 32.9 Å². The van der Waals surface area contributed by atoms with E-state index in [9.17, 15) is 9.18 Å². The number of aromatic nitrogens is 1. The predicted molar refractivity (Wildman–Crippen MR) is 55.9 cm³/mol. The lowest BCUT2D eigenvalue weighted by atomic mass is 10.1. The fraction of sp³-hybridized carbons (Fsp3) is 0.182. The molecule has 76 valence electrons. The van der Waals surface area contributed by atoms with E-state index in [4.69, 9.17) is 11.6 Å². The Bertz CT molecular complexity index is 588. The largest absolute Gasteiger partial charge is 0.349 e. The molecule has 0 fully saturated rings. The van der Waals surface area contributed by atoms with Crippen LogP contribution in [-0.4, -0.2) is 10.8 Å². The van der Waals surface area contributed by atoms with E-state index in [1.165, 1.54) is 6.07 Å². The molecule has 0 aliphatic heterocycles. The SMILES string of the molecule is O=C1CCc2c1[nH]c1c(F)c(Cl)ccc21. The van der Waals surface area contributed by atoms with Gasteiger partial charge in [0.2, 0.25) is 0 Å². The molecule has 1 N–H and O–H groups in total. The minimum atomic E-state index is -0.476. The molecule has 0 radical (unpaired) electrons. The van der Waals surface area contributed by atoms with Crippen LogP contribution in [0.15, 0.2) is 12.1 Å². The molecule has 0 atom stereocenters. The summed E-state index contributed by atoms with van der Waals surface area (Å²) < 4.78 is 13.6. The van der Waals surface area contributed by atoms with E-state index in [0.29, 0.717) is 24.1 Å². The maximum absolute atomic E-state index is 13.6. The van der Waals surface area contributed by atoms with Gasteiger partial charge in [-0.05, 0) is 18.1 Å². The number of Topliss-reactive ketones (excluding diaryl/α,β-unsaturated/α-hetero) is 1. The van der Waals surface area contributed by atoms with Gasteiger partial charge in [0.05, 0.1) is 16.2 Å². The number of aryl methyl sites for hydroxylation is 1. The molecule has 1 aliphatic rings. The van der Waals surface area contributed by atoms with E-state index in [1.54, 1.807) is 6.07 Å².